The Kier molecular flexibility index (Phi) is 5.42. The minimum Gasteiger partial charge on any atom is -0.274 e. The van der Waals surface area contributed by atoms with Crippen molar-refractivity contribution in [1.82, 2.24) is 4.90 Å². The van der Waals surface area contributed by atoms with Gasteiger partial charge < -0.3 is 0 Å². The van der Waals surface area contributed by atoms with E-state index >= 15 is 0 Å². The Hall–Kier alpha value is -0.200. The maximum Gasteiger partial charge on any atom is 0.263 e. The van der Waals surface area contributed by atoms with Gasteiger partial charge in [0.25, 0.3) is 11.8 Å². The van der Waals surface area contributed by atoms with Gasteiger partial charge in [-0.25, -0.2) is 0 Å². The summed E-state index contributed by atoms with van der Waals surface area (Å²) in [7, 11) is 0. The molecule has 6 heteroatoms. The number of carbonyl (C=O) groups excluding carboxylic acids is 2. The number of thiophene rings is 1. The first-order chi connectivity index (χ1) is 9.51. The van der Waals surface area contributed by atoms with Crippen molar-refractivity contribution in [2.75, 3.05) is 6.54 Å². The number of hydrogen-bond donors (Lipinski definition) is 0. The van der Waals surface area contributed by atoms with Gasteiger partial charge in [-0.05, 0) is 44.2 Å². The van der Waals surface area contributed by atoms with Crippen LogP contribution in [0.15, 0.2) is 7.57 Å². The van der Waals surface area contributed by atoms with Crippen LogP contribution in [0.25, 0.3) is 0 Å². The van der Waals surface area contributed by atoms with Crippen LogP contribution in [0.4, 0.5) is 0 Å². The van der Waals surface area contributed by atoms with Crippen molar-refractivity contribution < 1.29 is 9.59 Å². The zero-order chi connectivity index (χ0) is 14.9. The fraction of sp³-hybridized carbons (Fsp3) is 0.571. The van der Waals surface area contributed by atoms with E-state index in [0.29, 0.717) is 23.6 Å². The van der Waals surface area contributed by atoms with Crippen LogP contribution in [0.1, 0.15) is 60.2 Å². The van der Waals surface area contributed by atoms with E-state index in [4.69, 9.17) is 0 Å². The molecule has 0 bridgehead atoms. The first-order valence-corrected chi connectivity index (χ1v) is 9.25. The number of rotatable bonds is 6. The molecule has 0 radical (unpaired) electrons. The second-order valence-corrected chi connectivity index (χ2v) is 8.69. The summed E-state index contributed by atoms with van der Waals surface area (Å²) in [5, 5.41) is 0. The minimum absolute atomic E-state index is 0.159. The van der Waals surface area contributed by atoms with Crippen LogP contribution >= 0.6 is 43.2 Å². The van der Waals surface area contributed by atoms with Crippen LogP contribution in [0, 0.1) is 5.92 Å². The zero-order valence-electron chi connectivity index (χ0n) is 11.5. The highest BCUT2D eigenvalue weighted by Crippen LogP contribution is 2.42. The molecule has 0 aromatic carbocycles. The Morgan fingerprint density at radius 3 is 2.10 bits per heavy atom. The molecule has 20 heavy (non-hydrogen) atoms. The van der Waals surface area contributed by atoms with Gasteiger partial charge in [-0.2, -0.15) is 0 Å². The van der Waals surface area contributed by atoms with Crippen LogP contribution in [0.2, 0.25) is 0 Å². The average molecular weight is 423 g/mol. The third-order valence-corrected chi connectivity index (χ3v) is 6.26. The molecule has 3 nitrogen and oxygen atoms in total. The summed E-state index contributed by atoms with van der Waals surface area (Å²) in [6.07, 6.45) is 4.34. The molecule has 1 aliphatic rings. The monoisotopic (exact) mass is 421 g/mol. The summed E-state index contributed by atoms with van der Waals surface area (Å²) in [5.74, 6) is 0.0793. The molecule has 0 aliphatic carbocycles. The van der Waals surface area contributed by atoms with Gasteiger partial charge >= 0.3 is 0 Å². The van der Waals surface area contributed by atoms with E-state index in [-0.39, 0.29) is 11.8 Å². The van der Waals surface area contributed by atoms with Gasteiger partial charge in [-0.15, -0.1) is 11.3 Å². The molecule has 0 spiro atoms. The Morgan fingerprint density at radius 2 is 1.65 bits per heavy atom. The molecule has 1 atom stereocenters. The molecule has 0 saturated heterocycles. The predicted molar refractivity (Wildman–Crippen MR) is 88.4 cm³/mol. The normalized spacial score (nSPS) is 15.9. The maximum absolute atomic E-state index is 12.4. The largest absolute Gasteiger partial charge is 0.274 e. The van der Waals surface area contributed by atoms with Crippen LogP contribution < -0.4 is 0 Å². The second kappa shape index (κ2) is 6.71. The van der Waals surface area contributed by atoms with Gasteiger partial charge in [-0.1, -0.05) is 33.1 Å². The summed E-state index contributed by atoms with van der Waals surface area (Å²) >= 11 is 8.14. The number of unbranched alkanes of at least 4 members (excludes halogenated alkanes) is 1. The number of carbonyl (C=O) groups is 2. The molecule has 2 heterocycles. The zero-order valence-corrected chi connectivity index (χ0v) is 15.5. The topological polar surface area (TPSA) is 37.4 Å². The molecular formula is C14H17Br2NO2S. The summed E-state index contributed by atoms with van der Waals surface area (Å²) in [6.45, 7) is 4.81. The molecule has 2 rings (SSSR count). The summed E-state index contributed by atoms with van der Waals surface area (Å²) in [5.41, 5.74) is 1.05. The van der Waals surface area contributed by atoms with Gasteiger partial charge in [0.1, 0.15) is 0 Å². The lowest BCUT2D eigenvalue weighted by Crippen LogP contribution is -2.34. The van der Waals surface area contributed by atoms with Gasteiger partial charge in [0.2, 0.25) is 0 Å². The third-order valence-electron chi connectivity index (χ3n) is 3.72. The molecule has 1 unspecified atom stereocenters. The molecule has 2 amide bonds. The number of imide groups is 1. The molecule has 0 fully saturated rings. The summed E-state index contributed by atoms with van der Waals surface area (Å²) in [6, 6.07) is 0. The van der Waals surface area contributed by atoms with E-state index < -0.39 is 0 Å². The average Bonchev–Trinajstić information content (AvgIpc) is 2.84. The lowest BCUT2D eigenvalue weighted by atomic mass is 9.99. The minimum atomic E-state index is -0.159. The molecule has 0 saturated carbocycles. The van der Waals surface area contributed by atoms with E-state index in [9.17, 15) is 9.59 Å². The molecule has 110 valence electrons. The van der Waals surface area contributed by atoms with Crippen molar-refractivity contribution in [2.45, 2.75) is 39.5 Å². The number of halogens is 2. The molecular weight excluding hydrogens is 406 g/mol. The number of hydrogen-bond acceptors (Lipinski definition) is 3. The van der Waals surface area contributed by atoms with Gasteiger partial charge in [0.15, 0.2) is 0 Å². The van der Waals surface area contributed by atoms with Gasteiger partial charge in [0, 0.05) is 6.54 Å². The van der Waals surface area contributed by atoms with E-state index in [1.165, 1.54) is 16.2 Å². The molecule has 0 N–H and O–H groups in total. The van der Waals surface area contributed by atoms with Crippen LogP contribution in [-0.4, -0.2) is 23.3 Å². The fourth-order valence-corrected chi connectivity index (χ4v) is 5.56. The second-order valence-electron chi connectivity index (χ2n) is 5.04. The third kappa shape index (κ3) is 2.88. The predicted octanol–water partition coefficient (Wildman–Crippen LogP) is 5.09. The van der Waals surface area contributed by atoms with Gasteiger partial charge in [0.05, 0.1) is 18.7 Å². The Bertz CT molecular complexity index is 505. The maximum atomic E-state index is 12.4. The quantitative estimate of drug-likeness (QED) is 0.599. The number of amides is 2. The van der Waals surface area contributed by atoms with Crippen LogP contribution in [0.3, 0.4) is 0 Å². The van der Waals surface area contributed by atoms with Gasteiger partial charge in [-0.3, -0.25) is 14.5 Å². The van der Waals surface area contributed by atoms with E-state index in [2.05, 4.69) is 45.7 Å². The Morgan fingerprint density at radius 1 is 1.10 bits per heavy atom. The van der Waals surface area contributed by atoms with Crippen LogP contribution in [-0.2, 0) is 0 Å². The lowest BCUT2D eigenvalue weighted by Gasteiger charge is -2.21. The molecule has 1 aliphatic heterocycles. The number of fused-ring (bicyclic) bond motifs is 1. The van der Waals surface area contributed by atoms with E-state index in [0.717, 1.165) is 33.3 Å². The highest BCUT2D eigenvalue weighted by Gasteiger charge is 2.41. The number of nitrogens with zero attached hydrogens (tertiary/aromatic N) is 1. The van der Waals surface area contributed by atoms with E-state index in [1.807, 2.05) is 0 Å². The first-order valence-electron chi connectivity index (χ1n) is 6.85. The first kappa shape index (κ1) is 16.2. The smallest absolute Gasteiger partial charge is 0.263 e. The van der Waals surface area contributed by atoms with Crippen molar-refractivity contribution in [3.63, 3.8) is 0 Å². The van der Waals surface area contributed by atoms with Crippen molar-refractivity contribution >= 4 is 55.0 Å². The van der Waals surface area contributed by atoms with Crippen molar-refractivity contribution in [1.29, 1.82) is 0 Å². The summed E-state index contributed by atoms with van der Waals surface area (Å²) in [4.78, 5) is 26.3. The van der Waals surface area contributed by atoms with Crippen molar-refractivity contribution in [3.8, 4) is 0 Å². The Balaban J connectivity index is 2.18. The van der Waals surface area contributed by atoms with Crippen LogP contribution in [0.5, 0.6) is 0 Å². The fourth-order valence-electron chi connectivity index (χ4n) is 2.46. The molecule has 1 aromatic rings. The highest BCUT2D eigenvalue weighted by atomic mass is 79.9. The highest BCUT2D eigenvalue weighted by molar-refractivity contribution is 9.12. The SMILES string of the molecule is CCCCC(CC)CN1C(=O)c2c(Br)sc(Br)c2C1=O. The summed E-state index contributed by atoms with van der Waals surface area (Å²) < 4.78 is 1.48. The molecule has 1 aromatic heterocycles. The van der Waals surface area contributed by atoms with Crippen molar-refractivity contribution in [3.05, 3.63) is 18.7 Å². The standard InChI is InChI=1S/C14H17Br2NO2S/c1-3-5-6-8(4-2)7-17-13(18)9-10(14(17)19)12(16)20-11(9)15/h8H,3-7H2,1-2H3. The lowest BCUT2D eigenvalue weighted by molar-refractivity contribution is 0.0623. The van der Waals surface area contributed by atoms with E-state index in [1.54, 1.807) is 0 Å². The Labute approximate surface area is 140 Å². The van der Waals surface area contributed by atoms with Crippen molar-refractivity contribution in [2.24, 2.45) is 5.92 Å².